The molecule has 1 aliphatic heterocycles. The summed E-state index contributed by atoms with van der Waals surface area (Å²) in [7, 11) is -3.82. The Morgan fingerprint density at radius 1 is 1.12 bits per heavy atom. The van der Waals surface area contributed by atoms with E-state index in [0.717, 1.165) is 11.1 Å². The fourth-order valence-corrected chi connectivity index (χ4v) is 4.72. The van der Waals surface area contributed by atoms with Gasteiger partial charge in [-0.3, -0.25) is 9.10 Å². The van der Waals surface area contributed by atoms with Gasteiger partial charge in [-0.05, 0) is 63.1 Å². The van der Waals surface area contributed by atoms with Crippen molar-refractivity contribution in [1.29, 1.82) is 0 Å². The van der Waals surface area contributed by atoms with E-state index in [1.54, 1.807) is 6.07 Å². The third kappa shape index (κ3) is 3.26. The Kier molecular flexibility index (Phi) is 4.66. The van der Waals surface area contributed by atoms with E-state index < -0.39 is 10.0 Å². The van der Waals surface area contributed by atoms with Gasteiger partial charge in [-0.15, -0.1) is 0 Å². The fourth-order valence-electron chi connectivity index (χ4n) is 2.98. The summed E-state index contributed by atoms with van der Waals surface area (Å²) in [6.45, 7) is 7.42. The lowest BCUT2D eigenvalue weighted by molar-refractivity contribution is -0.118. The van der Waals surface area contributed by atoms with Crippen molar-refractivity contribution in [2.45, 2.75) is 38.6 Å². The highest BCUT2D eigenvalue weighted by molar-refractivity contribution is 7.92. The molecule has 26 heavy (non-hydrogen) atoms. The molecule has 0 radical (unpaired) electrons. The van der Waals surface area contributed by atoms with Crippen LogP contribution in [0.2, 0.25) is 0 Å². The number of hydrogen-bond acceptors (Lipinski definition) is 4. The number of aryl methyl sites for hydroxylation is 2. The van der Waals surface area contributed by atoms with E-state index in [0.29, 0.717) is 17.1 Å². The van der Waals surface area contributed by atoms with E-state index in [-0.39, 0.29) is 23.5 Å². The molecule has 3 rings (SSSR count). The predicted octanol–water partition coefficient (Wildman–Crippen LogP) is 3.24. The summed E-state index contributed by atoms with van der Waals surface area (Å²) in [5, 5.41) is 2.65. The molecule has 0 aliphatic carbocycles. The van der Waals surface area contributed by atoms with Crippen LogP contribution in [-0.4, -0.2) is 27.0 Å². The SMILES string of the molecule is Cc1ccc(C)c(N(C(C)C)S(=O)(=O)c2ccc3c(c2)NC(=O)CO3)c1. The van der Waals surface area contributed by atoms with Crippen LogP contribution in [0.3, 0.4) is 0 Å². The minimum Gasteiger partial charge on any atom is -0.482 e. The van der Waals surface area contributed by atoms with Crippen molar-refractivity contribution in [2.24, 2.45) is 0 Å². The first-order valence-electron chi connectivity index (χ1n) is 8.38. The van der Waals surface area contributed by atoms with E-state index in [1.807, 2.05) is 45.9 Å². The first-order valence-corrected chi connectivity index (χ1v) is 9.82. The second-order valence-electron chi connectivity index (χ2n) is 6.68. The summed E-state index contributed by atoms with van der Waals surface area (Å²) in [6, 6.07) is 9.99. The topological polar surface area (TPSA) is 75.7 Å². The number of nitrogens with one attached hydrogen (secondary N) is 1. The van der Waals surface area contributed by atoms with Crippen molar-refractivity contribution >= 4 is 27.3 Å². The van der Waals surface area contributed by atoms with Crippen molar-refractivity contribution in [3.05, 3.63) is 47.5 Å². The van der Waals surface area contributed by atoms with Gasteiger partial charge in [0.05, 0.1) is 16.3 Å². The van der Waals surface area contributed by atoms with Crippen molar-refractivity contribution in [3.63, 3.8) is 0 Å². The van der Waals surface area contributed by atoms with Gasteiger partial charge >= 0.3 is 0 Å². The number of nitrogens with zero attached hydrogens (tertiary/aromatic N) is 1. The molecule has 0 saturated heterocycles. The minimum atomic E-state index is -3.82. The molecule has 1 N–H and O–H groups in total. The number of fused-ring (bicyclic) bond motifs is 1. The lowest BCUT2D eigenvalue weighted by Gasteiger charge is -2.30. The monoisotopic (exact) mass is 374 g/mol. The maximum absolute atomic E-state index is 13.4. The van der Waals surface area contributed by atoms with E-state index in [9.17, 15) is 13.2 Å². The van der Waals surface area contributed by atoms with E-state index in [2.05, 4.69) is 5.32 Å². The van der Waals surface area contributed by atoms with Crippen LogP contribution in [0.15, 0.2) is 41.3 Å². The number of rotatable bonds is 4. The summed E-state index contributed by atoms with van der Waals surface area (Å²) < 4.78 is 33.5. The Hall–Kier alpha value is -2.54. The molecule has 138 valence electrons. The molecule has 0 unspecified atom stereocenters. The largest absolute Gasteiger partial charge is 0.482 e. The van der Waals surface area contributed by atoms with Crippen LogP contribution >= 0.6 is 0 Å². The van der Waals surface area contributed by atoms with Crippen LogP contribution in [0, 0.1) is 13.8 Å². The molecule has 1 heterocycles. The Morgan fingerprint density at radius 3 is 2.54 bits per heavy atom. The van der Waals surface area contributed by atoms with Gasteiger partial charge in [-0.25, -0.2) is 8.42 Å². The molecular weight excluding hydrogens is 352 g/mol. The summed E-state index contributed by atoms with van der Waals surface area (Å²) in [6.07, 6.45) is 0. The number of anilines is 2. The van der Waals surface area contributed by atoms with Gasteiger partial charge in [0.25, 0.3) is 15.9 Å². The second kappa shape index (κ2) is 6.64. The first-order chi connectivity index (χ1) is 12.2. The molecule has 0 aromatic heterocycles. The number of hydrogen-bond donors (Lipinski definition) is 1. The van der Waals surface area contributed by atoms with Crippen LogP contribution in [-0.2, 0) is 14.8 Å². The molecule has 2 aromatic rings. The van der Waals surface area contributed by atoms with Crippen LogP contribution in [0.1, 0.15) is 25.0 Å². The third-order valence-corrected chi connectivity index (χ3v) is 6.20. The average molecular weight is 374 g/mol. The molecule has 0 fully saturated rings. The van der Waals surface area contributed by atoms with Crippen molar-refractivity contribution in [1.82, 2.24) is 0 Å². The third-order valence-electron chi connectivity index (χ3n) is 4.21. The molecular formula is C19H22N2O4S. The smallest absolute Gasteiger partial charge is 0.264 e. The molecule has 7 heteroatoms. The van der Waals surface area contributed by atoms with Gasteiger partial charge in [0.15, 0.2) is 6.61 Å². The maximum Gasteiger partial charge on any atom is 0.264 e. The number of carbonyl (C=O) groups excluding carboxylic acids is 1. The van der Waals surface area contributed by atoms with Gasteiger partial charge in [-0.2, -0.15) is 0 Å². The van der Waals surface area contributed by atoms with Gasteiger partial charge in [0.2, 0.25) is 0 Å². The summed E-state index contributed by atoms with van der Waals surface area (Å²) in [5.74, 6) is 0.161. The average Bonchev–Trinajstić information content (AvgIpc) is 2.57. The van der Waals surface area contributed by atoms with Crippen molar-refractivity contribution in [2.75, 3.05) is 16.2 Å². The summed E-state index contributed by atoms with van der Waals surface area (Å²) in [4.78, 5) is 11.6. The lowest BCUT2D eigenvalue weighted by Crippen LogP contribution is -2.37. The van der Waals surface area contributed by atoms with Crippen LogP contribution in [0.5, 0.6) is 5.75 Å². The minimum absolute atomic E-state index is 0.0697. The van der Waals surface area contributed by atoms with Crippen molar-refractivity contribution < 1.29 is 17.9 Å². The Morgan fingerprint density at radius 2 is 1.85 bits per heavy atom. The van der Waals surface area contributed by atoms with Crippen molar-refractivity contribution in [3.8, 4) is 5.75 Å². The molecule has 1 amide bonds. The highest BCUT2D eigenvalue weighted by Crippen LogP contribution is 2.34. The standard InChI is InChI=1S/C19H22N2O4S/c1-12(2)21(17-9-13(3)5-6-14(17)4)26(23,24)15-7-8-18-16(10-15)20-19(22)11-25-18/h5-10,12H,11H2,1-4H3,(H,20,22). The Bertz CT molecular complexity index is 967. The first kappa shape index (κ1) is 18.3. The molecule has 0 atom stereocenters. The Balaban J connectivity index is 2.11. The lowest BCUT2D eigenvalue weighted by atomic mass is 10.1. The zero-order valence-corrected chi connectivity index (χ0v) is 16.1. The van der Waals surface area contributed by atoms with E-state index in [4.69, 9.17) is 4.74 Å². The zero-order chi connectivity index (χ0) is 19.1. The molecule has 1 aliphatic rings. The Labute approximate surface area is 153 Å². The highest BCUT2D eigenvalue weighted by Gasteiger charge is 2.30. The molecule has 0 spiro atoms. The van der Waals surface area contributed by atoms with Gasteiger partial charge in [0.1, 0.15) is 5.75 Å². The molecule has 2 aromatic carbocycles. The van der Waals surface area contributed by atoms with E-state index in [1.165, 1.54) is 16.4 Å². The quantitative estimate of drug-likeness (QED) is 0.891. The maximum atomic E-state index is 13.4. The van der Waals surface area contributed by atoms with Gasteiger partial charge < -0.3 is 10.1 Å². The number of benzene rings is 2. The highest BCUT2D eigenvalue weighted by atomic mass is 32.2. The van der Waals surface area contributed by atoms with Gasteiger partial charge in [-0.1, -0.05) is 12.1 Å². The molecule has 6 nitrogen and oxygen atoms in total. The van der Waals surface area contributed by atoms with E-state index >= 15 is 0 Å². The van der Waals surface area contributed by atoms with Crippen LogP contribution < -0.4 is 14.4 Å². The number of carbonyl (C=O) groups is 1. The van der Waals surface area contributed by atoms with Crippen LogP contribution in [0.4, 0.5) is 11.4 Å². The number of ether oxygens (including phenoxy) is 1. The van der Waals surface area contributed by atoms with Gasteiger partial charge in [0, 0.05) is 6.04 Å². The van der Waals surface area contributed by atoms with Crippen LogP contribution in [0.25, 0.3) is 0 Å². The summed E-state index contributed by atoms with van der Waals surface area (Å²) in [5.41, 5.74) is 2.88. The molecule has 0 bridgehead atoms. The molecule has 0 saturated carbocycles. The second-order valence-corrected chi connectivity index (χ2v) is 8.49. The summed E-state index contributed by atoms with van der Waals surface area (Å²) >= 11 is 0. The normalized spacial score (nSPS) is 13.8. The zero-order valence-electron chi connectivity index (χ0n) is 15.2. The predicted molar refractivity (Wildman–Crippen MR) is 101 cm³/mol. The number of amides is 1. The fraction of sp³-hybridized carbons (Fsp3) is 0.316. The number of sulfonamides is 1.